The van der Waals surface area contributed by atoms with Crippen molar-refractivity contribution in [2.24, 2.45) is 0 Å². The third kappa shape index (κ3) is 4.27. The number of likely N-dealkylation sites (tertiary alicyclic amines) is 1. The van der Waals surface area contributed by atoms with Gasteiger partial charge >= 0.3 is 5.69 Å². The van der Waals surface area contributed by atoms with Gasteiger partial charge in [-0.3, -0.25) is 19.1 Å². The molecule has 3 fully saturated rings. The number of aromatic nitrogens is 2. The lowest BCUT2D eigenvalue weighted by molar-refractivity contribution is -0.138. The number of fused-ring (bicyclic) bond motifs is 3. The first kappa shape index (κ1) is 24.0. The van der Waals surface area contributed by atoms with Crippen LogP contribution in [0.4, 0.5) is 4.39 Å². The van der Waals surface area contributed by atoms with Crippen LogP contribution in [0.5, 0.6) is 0 Å². The van der Waals surface area contributed by atoms with Crippen LogP contribution >= 0.6 is 0 Å². The summed E-state index contributed by atoms with van der Waals surface area (Å²) in [5, 5.41) is 2.42. The van der Waals surface area contributed by atoms with Crippen molar-refractivity contribution in [2.75, 3.05) is 33.8 Å². The van der Waals surface area contributed by atoms with E-state index in [0.717, 1.165) is 38.5 Å². The molecule has 3 saturated heterocycles. The maximum absolute atomic E-state index is 14.7. The maximum atomic E-state index is 14.7. The second-order valence-corrected chi connectivity index (χ2v) is 10.4. The smallest absolute Gasteiger partial charge is 0.326 e. The summed E-state index contributed by atoms with van der Waals surface area (Å²) in [6.07, 6.45) is 5.12. The van der Waals surface area contributed by atoms with Gasteiger partial charge in [-0.25, -0.2) is 9.18 Å². The zero-order chi connectivity index (χ0) is 24.9. The van der Waals surface area contributed by atoms with Gasteiger partial charge in [0.2, 0.25) is 5.91 Å². The molecule has 1 aromatic carbocycles. The molecular formula is C25H34FN5O4. The van der Waals surface area contributed by atoms with Crippen LogP contribution in [0, 0.1) is 5.82 Å². The monoisotopic (exact) mass is 487 g/mol. The lowest BCUT2D eigenvalue weighted by atomic mass is 9.93. The molecule has 1 aromatic heterocycles. The average molecular weight is 488 g/mol. The van der Waals surface area contributed by atoms with E-state index in [2.05, 4.69) is 22.1 Å². The fourth-order valence-corrected chi connectivity index (χ4v) is 6.22. The van der Waals surface area contributed by atoms with E-state index in [0.29, 0.717) is 30.7 Å². The Morgan fingerprint density at radius 1 is 1.17 bits per heavy atom. The van der Waals surface area contributed by atoms with Crippen LogP contribution in [0.25, 0.3) is 11.0 Å². The minimum absolute atomic E-state index is 0.0808. The summed E-state index contributed by atoms with van der Waals surface area (Å²) in [5.74, 6) is -1.03. The van der Waals surface area contributed by atoms with Crippen molar-refractivity contribution in [3.63, 3.8) is 0 Å². The molecule has 2 bridgehead atoms. The molecule has 9 nitrogen and oxygen atoms in total. The highest BCUT2D eigenvalue weighted by Crippen LogP contribution is 2.41. The Balaban J connectivity index is 1.31. The molecule has 0 radical (unpaired) electrons. The molecule has 5 rings (SSSR count). The first-order chi connectivity index (χ1) is 16.7. The molecule has 35 heavy (non-hydrogen) atoms. The summed E-state index contributed by atoms with van der Waals surface area (Å²) in [5.41, 5.74) is 0.389. The number of methoxy groups -OCH3 is 1. The van der Waals surface area contributed by atoms with Gasteiger partial charge < -0.3 is 19.9 Å². The number of rotatable bonds is 5. The first-order valence-corrected chi connectivity index (χ1v) is 12.5. The van der Waals surface area contributed by atoms with E-state index >= 15 is 0 Å². The topological polar surface area (TPSA) is 99.7 Å². The van der Waals surface area contributed by atoms with Crippen LogP contribution in [-0.4, -0.2) is 82.6 Å². The molecule has 4 heterocycles. The van der Waals surface area contributed by atoms with Crippen LogP contribution in [0.15, 0.2) is 16.9 Å². The van der Waals surface area contributed by atoms with Gasteiger partial charge in [-0.1, -0.05) is 0 Å². The quantitative estimate of drug-likeness (QED) is 0.672. The van der Waals surface area contributed by atoms with Crippen molar-refractivity contribution in [1.29, 1.82) is 0 Å². The summed E-state index contributed by atoms with van der Waals surface area (Å²) in [4.78, 5) is 45.0. The van der Waals surface area contributed by atoms with E-state index in [1.54, 1.807) is 11.7 Å². The van der Waals surface area contributed by atoms with E-state index < -0.39 is 11.7 Å². The normalized spacial score (nSPS) is 26.3. The Morgan fingerprint density at radius 2 is 1.83 bits per heavy atom. The summed E-state index contributed by atoms with van der Waals surface area (Å²) >= 11 is 0. The fourth-order valence-electron chi connectivity index (χ4n) is 6.22. The standard InChI is InChI=1S/C25H34FN5O4/c1-25(35-3)6-8-29(9-7-25)22(32)14-30-15-4-5-16(30)11-17(10-15)31-21-13-19(26)18(23(33)27-2)12-20(21)28-24(31)34/h12-13,15-17H,4-11,14H2,1-3H3,(H,27,33)(H,28,34). The van der Waals surface area contributed by atoms with Crippen molar-refractivity contribution in [2.45, 2.75) is 69.2 Å². The molecule has 3 aliphatic rings. The van der Waals surface area contributed by atoms with Crippen LogP contribution in [0.2, 0.25) is 0 Å². The highest BCUT2D eigenvalue weighted by molar-refractivity contribution is 5.97. The van der Waals surface area contributed by atoms with Crippen molar-refractivity contribution < 1.29 is 18.7 Å². The number of ether oxygens (including phenoxy) is 1. The number of nitrogens with one attached hydrogen (secondary N) is 2. The maximum Gasteiger partial charge on any atom is 0.326 e. The molecule has 190 valence electrons. The highest BCUT2D eigenvalue weighted by atomic mass is 19.1. The van der Waals surface area contributed by atoms with Crippen LogP contribution in [0.1, 0.15) is 61.8 Å². The van der Waals surface area contributed by atoms with Gasteiger partial charge in [-0.05, 0) is 51.5 Å². The predicted molar refractivity (Wildman–Crippen MR) is 129 cm³/mol. The van der Waals surface area contributed by atoms with Crippen molar-refractivity contribution in [1.82, 2.24) is 24.7 Å². The SMILES string of the molecule is CNC(=O)c1cc2[nH]c(=O)n(C3CC4CCC(C3)N4CC(=O)N3CCC(C)(OC)CC3)c2cc1F. The van der Waals surface area contributed by atoms with Gasteiger partial charge in [0, 0.05) is 51.4 Å². The van der Waals surface area contributed by atoms with E-state index in [1.807, 2.05) is 4.90 Å². The van der Waals surface area contributed by atoms with E-state index in [9.17, 15) is 18.8 Å². The average Bonchev–Trinajstić information content (AvgIpc) is 3.27. The molecule has 2 aromatic rings. The Labute approximate surface area is 203 Å². The molecule has 10 heteroatoms. The number of carbonyl (C=O) groups excluding carboxylic acids is 2. The lowest BCUT2D eigenvalue weighted by Gasteiger charge is -2.42. The Morgan fingerprint density at radius 3 is 2.43 bits per heavy atom. The summed E-state index contributed by atoms with van der Waals surface area (Å²) in [6, 6.07) is 3.02. The number of nitrogens with zero attached hydrogens (tertiary/aromatic N) is 3. The molecular weight excluding hydrogens is 453 g/mol. The van der Waals surface area contributed by atoms with Gasteiger partial charge in [0.15, 0.2) is 0 Å². The molecule has 2 N–H and O–H groups in total. The van der Waals surface area contributed by atoms with Crippen LogP contribution in [0.3, 0.4) is 0 Å². The van der Waals surface area contributed by atoms with Gasteiger partial charge in [-0.2, -0.15) is 0 Å². The lowest BCUT2D eigenvalue weighted by Crippen LogP contribution is -2.52. The van der Waals surface area contributed by atoms with Gasteiger partial charge in [0.1, 0.15) is 5.82 Å². The van der Waals surface area contributed by atoms with Crippen molar-refractivity contribution >= 4 is 22.8 Å². The van der Waals surface area contributed by atoms with Crippen molar-refractivity contribution in [3.8, 4) is 0 Å². The summed E-state index contributed by atoms with van der Waals surface area (Å²) < 4.78 is 21.9. The number of benzene rings is 1. The number of piperidine rings is 2. The third-order valence-corrected chi connectivity index (χ3v) is 8.49. The van der Waals surface area contributed by atoms with E-state index in [4.69, 9.17) is 4.74 Å². The second kappa shape index (κ2) is 9.05. The molecule has 0 saturated carbocycles. The zero-order valence-corrected chi connectivity index (χ0v) is 20.6. The van der Waals surface area contributed by atoms with Crippen LogP contribution < -0.4 is 11.0 Å². The number of hydrogen-bond acceptors (Lipinski definition) is 5. The van der Waals surface area contributed by atoms with Crippen molar-refractivity contribution in [3.05, 3.63) is 34.0 Å². The summed E-state index contributed by atoms with van der Waals surface area (Å²) in [7, 11) is 3.17. The Hall–Kier alpha value is -2.72. The number of imidazole rings is 1. The second-order valence-electron chi connectivity index (χ2n) is 10.4. The number of amides is 2. The van der Waals surface area contributed by atoms with E-state index in [1.165, 1.54) is 19.2 Å². The summed E-state index contributed by atoms with van der Waals surface area (Å²) in [6.45, 7) is 3.92. The molecule has 2 atom stereocenters. The number of aromatic amines is 1. The molecule has 3 aliphatic heterocycles. The fraction of sp³-hybridized carbons (Fsp3) is 0.640. The number of hydrogen-bond donors (Lipinski definition) is 2. The molecule has 0 aliphatic carbocycles. The Kier molecular flexibility index (Phi) is 6.21. The predicted octanol–water partition coefficient (Wildman–Crippen LogP) is 2.02. The Bertz CT molecular complexity index is 1180. The van der Waals surface area contributed by atoms with Gasteiger partial charge in [0.25, 0.3) is 5.91 Å². The molecule has 0 spiro atoms. The minimum atomic E-state index is -0.651. The third-order valence-electron chi connectivity index (χ3n) is 8.49. The van der Waals surface area contributed by atoms with E-state index in [-0.39, 0.29) is 40.9 Å². The largest absolute Gasteiger partial charge is 0.378 e. The van der Waals surface area contributed by atoms with Gasteiger partial charge in [-0.15, -0.1) is 0 Å². The van der Waals surface area contributed by atoms with Crippen LogP contribution in [-0.2, 0) is 9.53 Å². The molecule has 2 unspecified atom stereocenters. The highest BCUT2D eigenvalue weighted by Gasteiger charge is 2.43. The van der Waals surface area contributed by atoms with Gasteiger partial charge in [0.05, 0.1) is 28.7 Å². The number of carbonyl (C=O) groups is 2. The first-order valence-electron chi connectivity index (χ1n) is 12.5. The number of H-pyrrole nitrogens is 1. The minimum Gasteiger partial charge on any atom is -0.378 e. The number of halogens is 1. The zero-order valence-electron chi connectivity index (χ0n) is 20.6. The molecule has 2 amide bonds.